The van der Waals surface area contributed by atoms with E-state index < -0.39 is 10.2 Å². The van der Waals surface area contributed by atoms with E-state index in [1.54, 1.807) is 19.3 Å². The summed E-state index contributed by atoms with van der Waals surface area (Å²) in [6.45, 7) is 6.20. The second-order valence-corrected chi connectivity index (χ2v) is 7.48. The van der Waals surface area contributed by atoms with Gasteiger partial charge in [0.25, 0.3) is 0 Å². The minimum absolute atomic E-state index is 0.326. The van der Waals surface area contributed by atoms with Gasteiger partial charge in [0.05, 0.1) is 0 Å². The van der Waals surface area contributed by atoms with Gasteiger partial charge in [0.15, 0.2) is 0 Å². The fourth-order valence-corrected chi connectivity index (χ4v) is 2.77. The van der Waals surface area contributed by atoms with Gasteiger partial charge in [0.1, 0.15) is 5.82 Å². The molecule has 0 radical (unpaired) electrons. The first-order valence-corrected chi connectivity index (χ1v) is 9.17. The monoisotopic (exact) mass is 378 g/mol. The van der Waals surface area contributed by atoms with Gasteiger partial charge < -0.3 is 5.32 Å². The predicted molar refractivity (Wildman–Crippen MR) is 89.6 cm³/mol. The Morgan fingerprint density at radius 1 is 1.38 bits per heavy atom. The number of pyridine rings is 1. The van der Waals surface area contributed by atoms with Crippen molar-refractivity contribution >= 4 is 32.0 Å². The molecular weight excluding hydrogens is 356 g/mol. The third-order valence-electron chi connectivity index (χ3n) is 2.94. The van der Waals surface area contributed by atoms with Crippen molar-refractivity contribution in [2.24, 2.45) is 0 Å². The molecule has 0 saturated heterocycles. The smallest absolute Gasteiger partial charge is 0.302 e. The predicted octanol–water partition coefficient (Wildman–Crippen LogP) is 2.13. The summed E-state index contributed by atoms with van der Waals surface area (Å²) in [4.78, 5) is 4.05. The maximum absolute atomic E-state index is 12.2. The van der Waals surface area contributed by atoms with Gasteiger partial charge in [-0.05, 0) is 60.4 Å². The lowest BCUT2D eigenvalue weighted by Gasteiger charge is -2.18. The van der Waals surface area contributed by atoms with Crippen LogP contribution in [0.2, 0.25) is 0 Å². The Morgan fingerprint density at radius 3 is 2.71 bits per heavy atom. The number of aromatic nitrogens is 1. The molecule has 0 saturated carbocycles. The Bertz CT molecular complexity index is 551. The lowest BCUT2D eigenvalue weighted by Crippen LogP contribution is -2.34. The van der Waals surface area contributed by atoms with Gasteiger partial charge in [-0.15, -0.1) is 0 Å². The summed E-state index contributed by atoms with van der Waals surface area (Å²) >= 11 is 3.34. The van der Waals surface area contributed by atoms with Crippen molar-refractivity contribution in [3.63, 3.8) is 0 Å². The molecule has 120 valence electrons. The average molecular weight is 379 g/mol. The van der Waals surface area contributed by atoms with Crippen LogP contribution in [0.25, 0.3) is 0 Å². The van der Waals surface area contributed by atoms with E-state index in [-0.39, 0.29) is 0 Å². The second-order valence-electron chi connectivity index (χ2n) is 4.85. The minimum atomic E-state index is -3.56. The molecule has 21 heavy (non-hydrogen) atoms. The molecule has 0 aliphatic carbocycles. The van der Waals surface area contributed by atoms with Crippen LogP contribution in [0.4, 0.5) is 5.82 Å². The van der Waals surface area contributed by atoms with Crippen LogP contribution in [0, 0.1) is 6.92 Å². The van der Waals surface area contributed by atoms with Gasteiger partial charge in [-0.25, -0.2) is 4.98 Å². The highest BCUT2D eigenvalue weighted by Crippen LogP contribution is 2.18. The molecular formula is C13H23BrN4O2S. The maximum Gasteiger partial charge on any atom is 0.302 e. The van der Waals surface area contributed by atoms with Gasteiger partial charge in [0, 0.05) is 24.3 Å². The average Bonchev–Trinajstić information content (AvgIpc) is 2.42. The van der Waals surface area contributed by atoms with Crippen LogP contribution in [-0.4, -0.2) is 44.4 Å². The number of halogens is 1. The van der Waals surface area contributed by atoms with Crippen molar-refractivity contribution in [1.82, 2.24) is 14.6 Å². The summed E-state index contributed by atoms with van der Waals surface area (Å²) in [7, 11) is -1.99. The largest absolute Gasteiger partial charge is 0.317 e. The molecule has 0 fully saturated rings. The van der Waals surface area contributed by atoms with E-state index >= 15 is 0 Å². The van der Waals surface area contributed by atoms with E-state index in [4.69, 9.17) is 0 Å². The number of rotatable bonds is 9. The molecule has 0 unspecified atom stereocenters. The normalized spacial score (nSPS) is 11.9. The molecule has 0 aliphatic heterocycles. The Labute approximate surface area is 135 Å². The number of nitrogens with one attached hydrogen (secondary N) is 2. The Balaban J connectivity index is 2.53. The third-order valence-corrected chi connectivity index (χ3v) is 5.24. The molecule has 2 N–H and O–H groups in total. The van der Waals surface area contributed by atoms with Crippen LogP contribution in [0.3, 0.4) is 0 Å². The third kappa shape index (κ3) is 6.29. The standard InChI is InChI=1S/C13H23BrN4O2S/c1-4-6-15-7-5-8-18(3)21(19,20)17-13-9-11(2)12(14)10-16-13/h9-10,15H,4-8H2,1-3H3,(H,16,17). The zero-order valence-corrected chi connectivity index (χ0v) is 15.1. The van der Waals surface area contributed by atoms with Crippen LogP contribution < -0.4 is 10.0 Å². The summed E-state index contributed by atoms with van der Waals surface area (Å²) in [5.74, 6) is 0.326. The molecule has 0 spiro atoms. The van der Waals surface area contributed by atoms with Crippen molar-refractivity contribution in [2.75, 3.05) is 31.4 Å². The number of aryl methyl sites for hydroxylation is 1. The zero-order chi connectivity index (χ0) is 15.9. The lowest BCUT2D eigenvalue weighted by atomic mass is 10.3. The summed E-state index contributed by atoms with van der Waals surface area (Å²) < 4.78 is 29.0. The fraction of sp³-hybridized carbons (Fsp3) is 0.615. The molecule has 0 aliphatic rings. The molecule has 0 aromatic carbocycles. The van der Waals surface area contributed by atoms with Gasteiger partial charge in [-0.2, -0.15) is 12.7 Å². The SMILES string of the molecule is CCCNCCCN(C)S(=O)(=O)Nc1cc(C)c(Br)cn1. The molecule has 1 aromatic heterocycles. The molecule has 0 bridgehead atoms. The van der Waals surface area contributed by atoms with Crippen molar-refractivity contribution in [3.05, 3.63) is 22.3 Å². The molecule has 6 nitrogen and oxygen atoms in total. The minimum Gasteiger partial charge on any atom is -0.317 e. The van der Waals surface area contributed by atoms with E-state index in [0.29, 0.717) is 12.4 Å². The van der Waals surface area contributed by atoms with Crippen LogP contribution in [0.1, 0.15) is 25.3 Å². The van der Waals surface area contributed by atoms with E-state index in [1.807, 2.05) is 6.92 Å². The van der Waals surface area contributed by atoms with Crippen LogP contribution in [0.15, 0.2) is 16.7 Å². The first-order valence-electron chi connectivity index (χ1n) is 6.93. The number of hydrogen-bond donors (Lipinski definition) is 2. The van der Waals surface area contributed by atoms with Crippen molar-refractivity contribution in [3.8, 4) is 0 Å². The molecule has 1 aromatic rings. The number of nitrogens with zero attached hydrogens (tertiary/aromatic N) is 2. The van der Waals surface area contributed by atoms with Crippen LogP contribution in [-0.2, 0) is 10.2 Å². The summed E-state index contributed by atoms with van der Waals surface area (Å²) in [5.41, 5.74) is 0.925. The Hall–Kier alpha value is -0.700. The molecule has 1 rings (SSSR count). The first-order chi connectivity index (χ1) is 9.86. The van der Waals surface area contributed by atoms with Crippen LogP contribution >= 0.6 is 15.9 Å². The fourth-order valence-electron chi connectivity index (χ4n) is 1.65. The van der Waals surface area contributed by atoms with E-state index in [9.17, 15) is 8.42 Å². The molecule has 8 heteroatoms. The van der Waals surface area contributed by atoms with Crippen molar-refractivity contribution in [2.45, 2.75) is 26.7 Å². The zero-order valence-electron chi connectivity index (χ0n) is 12.7. The van der Waals surface area contributed by atoms with Gasteiger partial charge >= 0.3 is 10.2 Å². The molecule has 0 atom stereocenters. The van der Waals surface area contributed by atoms with E-state index in [0.717, 1.165) is 36.0 Å². The number of hydrogen-bond acceptors (Lipinski definition) is 4. The summed E-state index contributed by atoms with van der Waals surface area (Å²) in [6, 6.07) is 1.69. The second kappa shape index (κ2) is 8.67. The topological polar surface area (TPSA) is 74.3 Å². The van der Waals surface area contributed by atoms with E-state index in [2.05, 4.69) is 37.9 Å². The highest BCUT2D eigenvalue weighted by atomic mass is 79.9. The Morgan fingerprint density at radius 2 is 2.10 bits per heavy atom. The maximum atomic E-state index is 12.2. The molecule has 1 heterocycles. The summed E-state index contributed by atoms with van der Waals surface area (Å²) in [5, 5.41) is 3.25. The first kappa shape index (κ1) is 18.3. The van der Waals surface area contributed by atoms with E-state index in [1.165, 1.54) is 4.31 Å². The highest BCUT2D eigenvalue weighted by molar-refractivity contribution is 9.10. The quantitative estimate of drug-likeness (QED) is 0.645. The highest BCUT2D eigenvalue weighted by Gasteiger charge is 2.17. The van der Waals surface area contributed by atoms with Crippen LogP contribution in [0.5, 0.6) is 0 Å². The van der Waals surface area contributed by atoms with Gasteiger partial charge in [-0.3, -0.25) is 4.72 Å². The Kier molecular flexibility index (Phi) is 7.58. The number of anilines is 1. The van der Waals surface area contributed by atoms with Gasteiger partial charge in [-0.1, -0.05) is 6.92 Å². The van der Waals surface area contributed by atoms with Crippen molar-refractivity contribution < 1.29 is 8.42 Å². The summed E-state index contributed by atoms with van der Waals surface area (Å²) in [6.07, 6.45) is 3.43. The van der Waals surface area contributed by atoms with Gasteiger partial charge in [0.2, 0.25) is 0 Å². The lowest BCUT2D eigenvalue weighted by molar-refractivity contribution is 0.458. The molecule has 0 amide bonds. The van der Waals surface area contributed by atoms with Crippen molar-refractivity contribution in [1.29, 1.82) is 0 Å².